The summed E-state index contributed by atoms with van der Waals surface area (Å²) in [5.41, 5.74) is 0.552. The van der Waals surface area contributed by atoms with Gasteiger partial charge in [-0.15, -0.1) is 0 Å². The van der Waals surface area contributed by atoms with Gasteiger partial charge in [-0.1, -0.05) is 11.6 Å². The Kier molecular flexibility index (Phi) is 4.70. The van der Waals surface area contributed by atoms with E-state index >= 15 is 0 Å². The highest BCUT2D eigenvalue weighted by molar-refractivity contribution is 6.30. The quantitative estimate of drug-likeness (QED) is 0.887. The summed E-state index contributed by atoms with van der Waals surface area (Å²) >= 11 is 5.64. The van der Waals surface area contributed by atoms with Crippen LogP contribution in [0.5, 0.6) is 0 Å². The molecule has 2 N–H and O–H groups in total. The van der Waals surface area contributed by atoms with Crippen LogP contribution in [0.1, 0.15) is 5.82 Å². The first-order valence-electron chi connectivity index (χ1n) is 5.89. The summed E-state index contributed by atoms with van der Waals surface area (Å²) in [7, 11) is 3.32. The van der Waals surface area contributed by atoms with Crippen molar-refractivity contribution in [3.05, 3.63) is 40.9 Å². The second-order valence-corrected chi connectivity index (χ2v) is 4.40. The number of aromatic nitrogens is 2. The molecule has 0 aliphatic carbocycles. The van der Waals surface area contributed by atoms with E-state index < -0.39 is 5.82 Å². The molecule has 0 amide bonds. The van der Waals surface area contributed by atoms with Crippen molar-refractivity contribution in [3.8, 4) is 0 Å². The van der Waals surface area contributed by atoms with E-state index in [1.54, 1.807) is 26.3 Å². The van der Waals surface area contributed by atoms with E-state index in [2.05, 4.69) is 20.6 Å². The number of nitrogens with zero attached hydrogens (tertiary/aromatic N) is 2. The first kappa shape index (κ1) is 14.5. The molecule has 0 spiro atoms. The van der Waals surface area contributed by atoms with Gasteiger partial charge in [-0.3, -0.25) is 0 Å². The fraction of sp³-hybridized carbons (Fsp3) is 0.231. The molecule has 0 aliphatic rings. The van der Waals surface area contributed by atoms with Gasteiger partial charge in [0.25, 0.3) is 0 Å². The fourth-order valence-corrected chi connectivity index (χ4v) is 1.72. The molecule has 0 aliphatic heterocycles. The zero-order chi connectivity index (χ0) is 14.5. The first-order chi connectivity index (χ1) is 9.62. The third-order valence-electron chi connectivity index (χ3n) is 2.49. The summed E-state index contributed by atoms with van der Waals surface area (Å²) in [6.45, 7) is 0.291. The van der Waals surface area contributed by atoms with Crippen LogP contribution in [0.15, 0.2) is 24.3 Å². The highest BCUT2D eigenvalue weighted by Crippen LogP contribution is 2.22. The second-order valence-electron chi connectivity index (χ2n) is 3.99. The summed E-state index contributed by atoms with van der Waals surface area (Å²) in [5, 5.41) is 6.01. The van der Waals surface area contributed by atoms with Crippen LogP contribution < -0.4 is 10.6 Å². The van der Waals surface area contributed by atoms with E-state index in [1.807, 2.05) is 0 Å². The minimum absolute atomic E-state index is 0.0780. The molecule has 0 fully saturated rings. The highest BCUT2D eigenvalue weighted by atomic mass is 35.5. The molecule has 2 rings (SSSR count). The van der Waals surface area contributed by atoms with Crippen LogP contribution in [0, 0.1) is 5.82 Å². The third-order valence-corrected chi connectivity index (χ3v) is 2.80. The number of hydrogen-bond donors (Lipinski definition) is 2. The number of hydrogen-bond acceptors (Lipinski definition) is 5. The Bertz CT molecular complexity index is 609. The smallest absolute Gasteiger partial charge is 0.158 e. The Morgan fingerprint density at radius 3 is 2.65 bits per heavy atom. The summed E-state index contributed by atoms with van der Waals surface area (Å²) in [4.78, 5) is 8.51. The molecule has 7 heteroatoms. The Morgan fingerprint density at radius 1 is 1.25 bits per heavy atom. The van der Waals surface area contributed by atoms with Gasteiger partial charge in [0, 0.05) is 25.9 Å². The van der Waals surface area contributed by atoms with E-state index in [0.717, 1.165) is 0 Å². The summed E-state index contributed by atoms with van der Waals surface area (Å²) < 4.78 is 18.4. The number of anilines is 3. The van der Waals surface area contributed by atoms with Gasteiger partial charge in [-0.05, 0) is 18.2 Å². The SMILES string of the molecule is CNc1cc(Nc2ccc(Cl)c(F)c2)nc(COC)n1. The van der Waals surface area contributed by atoms with Gasteiger partial charge in [-0.2, -0.15) is 0 Å². The third kappa shape index (κ3) is 3.55. The maximum atomic E-state index is 13.4. The van der Waals surface area contributed by atoms with Crippen LogP contribution in [-0.4, -0.2) is 24.1 Å². The zero-order valence-corrected chi connectivity index (χ0v) is 11.8. The molecule has 1 aromatic heterocycles. The lowest BCUT2D eigenvalue weighted by atomic mass is 10.3. The number of halogens is 2. The molecule has 0 saturated carbocycles. The summed E-state index contributed by atoms with van der Waals surface area (Å²) in [5.74, 6) is 1.22. The normalized spacial score (nSPS) is 10.4. The highest BCUT2D eigenvalue weighted by Gasteiger charge is 2.06. The molecule has 5 nitrogen and oxygen atoms in total. The predicted octanol–water partition coefficient (Wildman–Crippen LogP) is 3.20. The van der Waals surface area contributed by atoms with E-state index in [0.29, 0.717) is 29.8 Å². The average molecular weight is 297 g/mol. The van der Waals surface area contributed by atoms with Crippen molar-refractivity contribution in [2.24, 2.45) is 0 Å². The number of nitrogens with one attached hydrogen (secondary N) is 2. The molecule has 0 saturated heterocycles. The van der Waals surface area contributed by atoms with Crippen LogP contribution in [0.25, 0.3) is 0 Å². The van der Waals surface area contributed by atoms with Gasteiger partial charge in [0.05, 0.1) is 5.02 Å². The number of ether oxygens (including phenoxy) is 1. The van der Waals surface area contributed by atoms with Crippen LogP contribution in [-0.2, 0) is 11.3 Å². The fourth-order valence-electron chi connectivity index (χ4n) is 1.60. The topological polar surface area (TPSA) is 59.1 Å². The van der Waals surface area contributed by atoms with Crippen LogP contribution in [0.3, 0.4) is 0 Å². The van der Waals surface area contributed by atoms with Crippen LogP contribution in [0.2, 0.25) is 5.02 Å². The maximum absolute atomic E-state index is 13.4. The van der Waals surface area contributed by atoms with Crippen molar-refractivity contribution in [2.75, 3.05) is 24.8 Å². The van der Waals surface area contributed by atoms with Crippen molar-refractivity contribution < 1.29 is 9.13 Å². The summed E-state index contributed by atoms with van der Waals surface area (Å²) in [6.07, 6.45) is 0. The Hall–Kier alpha value is -1.92. The molecule has 0 unspecified atom stereocenters. The molecular formula is C13H14ClFN4O. The molecule has 1 heterocycles. The Balaban J connectivity index is 2.27. The van der Waals surface area contributed by atoms with E-state index in [4.69, 9.17) is 16.3 Å². The van der Waals surface area contributed by atoms with Gasteiger partial charge in [0.1, 0.15) is 24.1 Å². The molecule has 0 atom stereocenters. The molecule has 1 aromatic carbocycles. The van der Waals surface area contributed by atoms with Crippen molar-refractivity contribution in [2.45, 2.75) is 6.61 Å². The minimum atomic E-state index is -0.489. The van der Waals surface area contributed by atoms with Gasteiger partial charge in [0.2, 0.25) is 0 Å². The van der Waals surface area contributed by atoms with Gasteiger partial charge < -0.3 is 15.4 Å². The van der Waals surface area contributed by atoms with Crippen molar-refractivity contribution in [1.29, 1.82) is 0 Å². The van der Waals surface area contributed by atoms with Crippen LogP contribution >= 0.6 is 11.6 Å². The predicted molar refractivity (Wildman–Crippen MR) is 77.0 cm³/mol. The summed E-state index contributed by atoms with van der Waals surface area (Å²) in [6, 6.07) is 6.17. The number of rotatable bonds is 5. The Labute approximate surface area is 121 Å². The zero-order valence-electron chi connectivity index (χ0n) is 11.1. The van der Waals surface area contributed by atoms with E-state index in [1.165, 1.54) is 12.1 Å². The van der Waals surface area contributed by atoms with Crippen molar-refractivity contribution in [3.63, 3.8) is 0 Å². The first-order valence-corrected chi connectivity index (χ1v) is 6.27. The lowest BCUT2D eigenvalue weighted by Gasteiger charge is -2.10. The molecular weight excluding hydrogens is 283 g/mol. The van der Waals surface area contributed by atoms with Crippen molar-refractivity contribution in [1.82, 2.24) is 9.97 Å². The van der Waals surface area contributed by atoms with E-state index in [-0.39, 0.29) is 5.02 Å². The second kappa shape index (κ2) is 6.49. The molecule has 0 radical (unpaired) electrons. The standard InChI is InChI=1S/C13H14ClFN4O/c1-16-11-6-12(19-13(18-11)7-20-2)17-8-3-4-9(14)10(15)5-8/h3-6H,7H2,1-2H3,(H2,16,17,18,19). The van der Waals surface area contributed by atoms with Crippen LogP contribution in [0.4, 0.5) is 21.7 Å². The lowest BCUT2D eigenvalue weighted by molar-refractivity contribution is 0.178. The molecule has 2 aromatic rings. The number of methoxy groups -OCH3 is 1. The van der Waals surface area contributed by atoms with Gasteiger partial charge >= 0.3 is 0 Å². The maximum Gasteiger partial charge on any atom is 0.158 e. The van der Waals surface area contributed by atoms with E-state index in [9.17, 15) is 4.39 Å². The molecule has 0 bridgehead atoms. The lowest BCUT2D eigenvalue weighted by Crippen LogP contribution is -2.04. The Morgan fingerprint density at radius 2 is 2.00 bits per heavy atom. The largest absolute Gasteiger partial charge is 0.377 e. The number of benzene rings is 1. The molecule has 106 valence electrons. The van der Waals surface area contributed by atoms with Crippen molar-refractivity contribution >= 4 is 28.9 Å². The average Bonchev–Trinajstić information content (AvgIpc) is 2.43. The monoisotopic (exact) mass is 296 g/mol. The van der Waals surface area contributed by atoms with Gasteiger partial charge in [0.15, 0.2) is 5.82 Å². The minimum Gasteiger partial charge on any atom is -0.377 e. The molecule has 20 heavy (non-hydrogen) atoms. The van der Waals surface area contributed by atoms with Gasteiger partial charge in [-0.25, -0.2) is 14.4 Å².